The predicted octanol–water partition coefficient (Wildman–Crippen LogP) is 3.30. The van der Waals surface area contributed by atoms with Gasteiger partial charge in [-0.05, 0) is 36.5 Å². The van der Waals surface area contributed by atoms with E-state index in [1.807, 2.05) is 0 Å². The summed E-state index contributed by atoms with van der Waals surface area (Å²) in [4.78, 5) is 0. The van der Waals surface area contributed by atoms with Gasteiger partial charge in [0.2, 0.25) is 0 Å². The molecule has 0 aliphatic rings. The molecule has 2 aromatic carbocycles. The van der Waals surface area contributed by atoms with Crippen molar-refractivity contribution in [2.75, 3.05) is 19.5 Å². The van der Waals surface area contributed by atoms with Crippen LogP contribution in [0.4, 0.5) is 14.5 Å². The minimum Gasteiger partial charge on any atom is -0.493 e. The van der Waals surface area contributed by atoms with Crippen LogP contribution >= 0.6 is 12.2 Å². The number of nitrogens with zero attached hydrogens (tertiary/aromatic N) is 1. The van der Waals surface area contributed by atoms with Crippen molar-refractivity contribution >= 4 is 29.2 Å². The standard InChI is InChI=1S/C16H15F2N3O2S/c1-22-14-7-6-10(8-15(14)23-2)20-16(24)21-19-9-11-12(17)4-3-5-13(11)18/h3-9H,1-2H3,(H2,20,21,24). The smallest absolute Gasteiger partial charge is 0.191 e. The Morgan fingerprint density at radius 3 is 2.38 bits per heavy atom. The van der Waals surface area contributed by atoms with Crippen LogP contribution in [-0.2, 0) is 0 Å². The largest absolute Gasteiger partial charge is 0.493 e. The van der Waals surface area contributed by atoms with Gasteiger partial charge < -0.3 is 14.8 Å². The van der Waals surface area contributed by atoms with Crippen molar-refractivity contribution in [2.45, 2.75) is 0 Å². The number of hydrogen-bond acceptors (Lipinski definition) is 4. The number of methoxy groups -OCH3 is 2. The molecular weight excluding hydrogens is 336 g/mol. The number of anilines is 1. The lowest BCUT2D eigenvalue weighted by molar-refractivity contribution is 0.355. The summed E-state index contributed by atoms with van der Waals surface area (Å²) in [6.07, 6.45) is 1.02. The number of hydrazone groups is 1. The van der Waals surface area contributed by atoms with E-state index in [0.29, 0.717) is 17.2 Å². The first-order valence-corrected chi connectivity index (χ1v) is 7.22. The zero-order valence-corrected chi connectivity index (χ0v) is 13.8. The lowest BCUT2D eigenvalue weighted by atomic mass is 10.2. The van der Waals surface area contributed by atoms with Crippen molar-refractivity contribution in [3.8, 4) is 11.5 Å². The van der Waals surface area contributed by atoms with Gasteiger partial charge in [0.05, 0.1) is 26.0 Å². The monoisotopic (exact) mass is 351 g/mol. The zero-order valence-electron chi connectivity index (χ0n) is 13.0. The molecule has 2 aromatic rings. The molecule has 0 saturated carbocycles. The van der Waals surface area contributed by atoms with Crippen LogP contribution in [0.25, 0.3) is 0 Å². The topological polar surface area (TPSA) is 54.9 Å². The fourth-order valence-corrected chi connectivity index (χ4v) is 2.03. The molecule has 126 valence electrons. The van der Waals surface area contributed by atoms with Crippen molar-refractivity contribution in [2.24, 2.45) is 5.10 Å². The number of benzene rings is 2. The fraction of sp³-hybridized carbons (Fsp3) is 0.125. The van der Waals surface area contributed by atoms with E-state index in [4.69, 9.17) is 21.7 Å². The second-order valence-corrected chi connectivity index (χ2v) is 4.94. The second kappa shape index (κ2) is 8.21. The van der Waals surface area contributed by atoms with Crippen molar-refractivity contribution in [1.29, 1.82) is 0 Å². The van der Waals surface area contributed by atoms with E-state index >= 15 is 0 Å². The molecule has 2 rings (SSSR count). The van der Waals surface area contributed by atoms with Crippen LogP contribution < -0.4 is 20.2 Å². The van der Waals surface area contributed by atoms with Crippen LogP contribution in [0.5, 0.6) is 11.5 Å². The van der Waals surface area contributed by atoms with E-state index < -0.39 is 11.6 Å². The Morgan fingerprint density at radius 1 is 1.08 bits per heavy atom. The Kier molecular flexibility index (Phi) is 6.02. The van der Waals surface area contributed by atoms with Gasteiger partial charge in [-0.25, -0.2) is 8.78 Å². The van der Waals surface area contributed by atoms with Crippen molar-refractivity contribution in [3.05, 3.63) is 53.6 Å². The van der Waals surface area contributed by atoms with E-state index in [0.717, 1.165) is 18.3 Å². The van der Waals surface area contributed by atoms with Gasteiger partial charge in [-0.15, -0.1) is 0 Å². The van der Waals surface area contributed by atoms with E-state index in [1.54, 1.807) is 18.2 Å². The summed E-state index contributed by atoms with van der Waals surface area (Å²) in [6.45, 7) is 0. The normalized spacial score (nSPS) is 10.5. The fourth-order valence-electron chi connectivity index (χ4n) is 1.86. The number of rotatable bonds is 5. The number of ether oxygens (including phenoxy) is 2. The Balaban J connectivity index is 2.00. The number of nitrogens with one attached hydrogen (secondary N) is 2. The molecule has 0 heterocycles. The number of thiocarbonyl (C=S) groups is 1. The molecule has 5 nitrogen and oxygen atoms in total. The third-order valence-electron chi connectivity index (χ3n) is 3.00. The van der Waals surface area contributed by atoms with Crippen LogP contribution in [0.1, 0.15) is 5.56 Å². The molecule has 0 atom stereocenters. The maximum atomic E-state index is 13.4. The average Bonchev–Trinajstić information content (AvgIpc) is 2.57. The highest BCUT2D eigenvalue weighted by atomic mass is 32.1. The maximum absolute atomic E-state index is 13.4. The quantitative estimate of drug-likeness (QED) is 0.492. The highest BCUT2D eigenvalue weighted by Crippen LogP contribution is 2.29. The zero-order chi connectivity index (χ0) is 17.5. The van der Waals surface area contributed by atoms with Gasteiger partial charge >= 0.3 is 0 Å². The molecular formula is C16H15F2N3O2S. The lowest BCUT2D eigenvalue weighted by Gasteiger charge is -2.11. The van der Waals surface area contributed by atoms with Crippen molar-refractivity contribution in [3.63, 3.8) is 0 Å². The molecule has 0 bridgehead atoms. The number of halogens is 2. The van der Waals surface area contributed by atoms with Crippen LogP contribution in [0, 0.1) is 11.6 Å². The summed E-state index contributed by atoms with van der Waals surface area (Å²) in [6, 6.07) is 8.69. The Morgan fingerprint density at radius 2 is 1.75 bits per heavy atom. The van der Waals surface area contributed by atoms with E-state index in [9.17, 15) is 8.78 Å². The molecule has 2 N–H and O–H groups in total. The Labute approximate surface area is 143 Å². The first-order chi connectivity index (χ1) is 11.5. The summed E-state index contributed by atoms with van der Waals surface area (Å²) >= 11 is 5.06. The molecule has 0 aromatic heterocycles. The summed E-state index contributed by atoms with van der Waals surface area (Å²) < 4.78 is 37.2. The molecule has 24 heavy (non-hydrogen) atoms. The number of hydrogen-bond donors (Lipinski definition) is 2. The lowest BCUT2D eigenvalue weighted by Crippen LogP contribution is -2.24. The molecule has 0 fully saturated rings. The van der Waals surface area contributed by atoms with Gasteiger partial charge in [-0.3, -0.25) is 5.43 Å². The van der Waals surface area contributed by atoms with Crippen LogP contribution in [0.2, 0.25) is 0 Å². The first kappa shape index (κ1) is 17.6. The molecule has 0 radical (unpaired) electrons. The highest BCUT2D eigenvalue weighted by Gasteiger charge is 2.06. The van der Waals surface area contributed by atoms with Gasteiger partial charge in [0.15, 0.2) is 16.6 Å². The Hall–Kier alpha value is -2.74. The van der Waals surface area contributed by atoms with Gasteiger partial charge in [0.25, 0.3) is 0 Å². The summed E-state index contributed by atoms with van der Waals surface area (Å²) in [5, 5.41) is 6.74. The maximum Gasteiger partial charge on any atom is 0.191 e. The van der Waals surface area contributed by atoms with E-state index in [-0.39, 0.29) is 10.7 Å². The molecule has 0 aliphatic heterocycles. The van der Waals surface area contributed by atoms with Gasteiger partial charge in [0.1, 0.15) is 11.6 Å². The van der Waals surface area contributed by atoms with Crippen molar-refractivity contribution in [1.82, 2.24) is 5.43 Å². The van der Waals surface area contributed by atoms with Gasteiger partial charge in [-0.2, -0.15) is 5.10 Å². The molecule has 0 unspecified atom stereocenters. The summed E-state index contributed by atoms with van der Waals surface area (Å²) in [5.74, 6) is -0.309. The third kappa shape index (κ3) is 4.39. The van der Waals surface area contributed by atoms with Gasteiger partial charge in [-0.1, -0.05) is 6.07 Å². The third-order valence-corrected chi connectivity index (χ3v) is 3.19. The second-order valence-electron chi connectivity index (χ2n) is 4.53. The summed E-state index contributed by atoms with van der Waals surface area (Å²) in [7, 11) is 3.05. The molecule has 0 spiro atoms. The predicted molar refractivity (Wildman–Crippen MR) is 92.9 cm³/mol. The van der Waals surface area contributed by atoms with E-state index in [2.05, 4.69) is 15.8 Å². The van der Waals surface area contributed by atoms with E-state index in [1.165, 1.54) is 20.3 Å². The molecule has 0 amide bonds. The van der Waals surface area contributed by atoms with Crippen LogP contribution in [0.15, 0.2) is 41.5 Å². The highest BCUT2D eigenvalue weighted by molar-refractivity contribution is 7.80. The molecule has 0 saturated heterocycles. The average molecular weight is 351 g/mol. The Bertz CT molecular complexity index is 749. The van der Waals surface area contributed by atoms with Crippen molar-refractivity contribution < 1.29 is 18.3 Å². The summed E-state index contributed by atoms with van der Waals surface area (Å²) in [5.41, 5.74) is 2.87. The minimum absolute atomic E-state index is 0.148. The van der Waals surface area contributed by atoms with Crippen LogP contribution in [-0.4, -0.2) is 25.5 Å². The molecule has 8 heteroatoms. The SMILES string of the molecule is COc1ccc(NC(=S)NN=Cc2c(F)cccc2F)cc1OC. The first-order valence-electron chi connectivity index (χ1n) is 6.81. The van der Waals surface area contributed by atoms with Gasteiger partial charge in [0, 0.05) is 11.8 Å². The van der Waals surface area contributed by atoms with Crippen LogP contribution in [0.3, 0.4) is 0 Å². The minimum atomic E-state index is -0.709. The molecule has 0 aliphatic carbocycles.